The SMILES string of the molecule is CCOC(=O)c1ccc(NC(=O)/C=C/c2ccc(N(C)C)cc2)cc1. The van der Waals surface area contributed by atoms with Gasteiger partial charge in [0.1, 0.15) is 0 Å². The Morgan fingerprint density at radius 1 is 1.04 bits per heavy atom. The Hall–Kier alpha value is -3.08. The van der Waals surface area contributed by atoms with Crippen LogP contribution in [0.5, 0.6) is 0 Å². The van der Waals surface area contributed by atoms with Crippen LogP contribution in [0.3, 0.4) is 0 Å². The number of anilines is 2. The normalized spacial score (nSPS) is 10.5. The average molecular weight is 338 g/mol. The van der Waals surface area contributed by atoms with Crippen molar-refractivity contribution in [1.29, 1.82) is 0 Å². The van der Waals surface area contributed by atoms with Gasteiger partial charge in [-0.15, -0.1) is 0 Å². The molecule has 25 heavy (non-hydrogen) atoms. The van der Waals surface area contributed by atoms with Crippen LogP contribution in [0.2, 0.25) is 0 Å². The van der Waals surface area contributed by atoms with E-state index in [4.69, 9.17) is 4.74 Å². The number of hydrogen-bond donors (Lipinski definition) is 1. The first-order chi connectivity index (χ1) is 12.0. The fourth-order valence-corrected chi connectivity index (χ4v) is 2.14. The van der Waals surface area contributed by atoms with Crippen molar-refractivity contribution >= 4 is 29.3 Å². The van der Waals surface area contributed by atoms with Gasteiger partial charge in [-0.1, -0.05) is 12.1 Å². The summed E-state index contributed by atoms with van der Waals surface area (Å²) in [7, 11) is 3.96. The fourth-order valence-electron chi connectivity index (χ4n) is 2.14. The minimum absolute atomic E-state index is 0.236. The van der Waals surface area contributed by atoms with Crippen molar-refractivity contribution in [3.63, 3.8) is 0 Å². The molecular weight excluding hydrogens is 316 g/mol. The highest BCUT2D eigenvalue weighted by molar-refractivity contribution is 6.02. The lowest BCUT2D eigenvalue weighted by Gasteiger charge is -2.11. The number of benzene rings is 2. The number of esters is 1. The molecule has 5 nitrogen and oxygen atoms in total. The number of nitrogens with zero attached hydrogens (tertiary/aromatic N) is 1. The quantitative estimate of drug-likeness (QED) is 0.646. The molecule has 2 aromatic carbocycles. The molecule has 0 saturated heterocycles. The lowest BCUT2D eigenvalue weighted by Crippen LogP contribution is -2.09. The van der Waals surface area contributed by atoms with Crippen LogP contribution in [-0.2, 0) is 9.53 Å². The van der Waals surface area contributed by atoms with Crippen LogP contribution < -0.4 is 10.2 Å². The zero-order chi connectivity index (χ0) is 18.2. The first-order valence-corrected chi connectivity index (χ1v) is 8.03. The van der Waals surface area contributed by atoms with Gasteiger partial charge in [0.05, 0.1) is 12.2 Å². The van der Waals surface area contributed by atoms with Crippen LogP contribution in [0.4, 0.5) is 11.4 Å². The van der Waals surface area contributed by atoms with Gasteiger partial charge in [0.2, 0.25) is 5.91 Å². The minimum atomic E-state index is -0.374. The molecule has 0 unspecified atom stereocenters. The zero-order valence-electron chi connectivity index (χ0n) is 14.7. The molecule has 1 N–H and O–H groups in total. The molecule has 0 aliphatic carbocycles. The van der Waals surface area contributed by atoms with E-state index in [1.165, 1.54) is 6.08 Å². The second-order valence-electron chi connectivity index (χ2n) is 5.61. The van der Waals surface area contributed by atoms with Gasteiger partial charge in [0.25, 0.3) is 0 Å². The Morgan fingerprint density at radius 3 is 2.24 bits per heavy atom. The number of carbonyl (C=O) groups excluding carboxylic acids is 2. The number of amides is 1. The van der Waals surface area contributed by atoms with Crippen molar-refractivity contribution in [1.82, 2.24) is 0 Å². The predicted molar refractivity (Wildman–Crippen MR) is 101 cm³/mol. The summed E-state index contributed by atoms with van der Waals surface area (Å²) in [5, 5.41) is 2.75. The zero-order valence-corrected chi connectivity index (χ0v) is 14.7. The van der Waals surface area contributed by atoms with Crippen LogP contribution in [0.15, 0.2) is 54.6 Å². The lowest BCUT2D eigenvalue weighted by atomic mass is 10.2. The Kier molecular flexibility index (Phi) is 6.34. The van der Waals surface area contributed by atoms with E-state index >= 15 is 0 Å². The number of carbonyl (C=O) groups is 2. The van der Waals surface area contributed by atoms with E-state index in [-0.39, 0.29) is 11.9 Å². The molecule has 2 aromatic rings. The maximum absolute atomic E-state index is 12.0. The highest BCUT2D eigenvalue weighted by atomic mass is 16.5. The van der Waals surface area contributed by atoms with Gasteiger partial charge in [-0.25, -0.2) is 4.79 Å². The van der Waals surface area contributed by atoms with Crippen LogP contribution in [0, 0.1) is 0 Å². The minimum Gasteiger partial charge on any atom is -0.462 e. The van der Waals surface area contributed by atoms with E-state index in [2.05, 4.69) is 5.32 Å². The smallest absolute Gasteiger partial charge is 0.338 e. The van der Waals surface area contributed by atoms with Crippen LogP contribution in [0.1, 0.15) is 22.8 Å². The van der Waals surface area contributed by atoms with E-state index in [1.54, 1.807) is 37.3 Å². The van der Waals surface area contributed by atoms with E-state index in [0.29, 0.717) is 17.9 Å². The van der Waals surface area contributed by atoms with Crippen molar-refractivity contribution in [2.45, 2.75) is 6.92 Å². The molecule has 2 rings (SSSR count). The topological polar surface area (TPSA) is 58.6 Å². The molecule has 0 fully saturated rings. The Morgan fingerprint density at radius 2 is 1.68 bits per heavy atom. The molecule has 0 aliphatic rings. The standard InChI is InChI=1S/C20H22N2O3/c1-4-25-20(24)16-8-10-17(11-9-16)21-19(23)14-7-15-5-12-18(13-6-15)22(2)3/h5-14H,4H2,1-3H3,(H,21,23)/b14-7+. The molecule has 0 saturated carbocycles. The van der Waals surface area contributed by atoms with E-state index in [1.807, 2.05) is 43.3 Å². The number of ether oxygens (including phenoxy) is 1. The van der Waals surface area contributed by atoms with Crippen LogP contribution in [0.25, 0.3) is 6.08 Å². The maximum Gasteiger partial charge on any atom is 0.338 e. The summed E-state index contributed by atoms with van der Waals surface area (Å²) in [6.45, 7) is 2.09. The van der Waals surface area contributed by atoms with Gasteiger partial charge in [0, 0.05) is 31.5 Å². The maximum atomic E-state index is 12.0. The van der Waals surface area contributed by atoms with Crippen molar-refractivity contribution in [3.8, 4) is 0 Å². The molecule has 1 amide bonds. The average Bonchev–Trinajstić information content (AvgIpc) is 2.61. The van der Waals surface area contributed by atoms with Gasteiger partial charge in [0.15, 0.2) is 0 Å². The Balaban J connectivity index is 1.94. The van der Waals surface area contributed by atoms with Crippen molar-refractivity contribution in [2.75, 3.05) is 30.9 Å². The van der Waals surface area contributed by atoms with Gasteiger partial charge >= 0.3 is 5.97 Å². The monoisotopic (exact) mass is 338 g/mol. The summed E-state index contributed by atoms with van der Waals surface area (Å²) in [6, 6.07) is 14.5. The second kappa shape index (κ2) is 8.68. The molecule has 0 heterocycles. The van der Waals surface area contributed by atoms with Gasteiger partial charge < -0.3 is 15.0 Å². The van der Waals surface area contributed by atoms with Gasteiger partial charge in [-0.2, -0.15) is 0 Å². The van der Waals surface area contributed by atoms with Crippen molar-refractivity contribution < 1.29 is 14.3 Å². The van der Waals surface area contributed by atoms with E-state index < -0.39 is 0 Å². The molecule has 130 valence electrons. The van der Waals surface area contributed by atoms with E-state index in [9.17, 15) is 9.59 Å². The number of rotatable bonds is 6. The Bertz CT molecular complexity index is 748. The van der Waals surface area contributed by atoms with Gasteiger partial charge in [-0.05, 0) is 55.0 Å². The summed E-state index contributed by atoms with van der Waals surface area (Å²) >= 11 is 0. The first kappa shape index (κ1) is 18.3. The summed E-state index contributed by atoms with van der Waals surface area (Å²) < 4.78 is 4.92. The highest BCUT2D eigenvalue weighted by Gasteiger charge is 2.06. The molecule has 0 bridgehead atoms. The highest BCUT2D eigenvalue weighted by Crippen LogP contribution is 2.14. The summed E-state index contributed by atoms with van der Waals surface area (Å²) in [6.07, 6.45) is 3.23. The Labute approximate surface area is 147 Å². The third-order valence-corrected chi connectivity index (χ3v) is 3.50. The van der Waals surface area contributed by atoms with Gasteiger partial charge in [-0.3, -0.25) is 4.79 Å². The lowest BCUT2D eigenvalue weighted by molar-refractivity contribution is -0.111. The molecule has 5 heteroatoms. The van der Waals surface area contributed by atoms with Crippen LogP contribution in [-0.4, -0.2) is 32.6 Å². The molecule has 0 radical (unpaired) electrons. The molecular formula is C20H22N2O3. The number of nitrogens with one attached hydrogen (secondary N) is 1. The largest absolute Gasteiger partial charge is 0.462 e. The third kappa shape index (κ3) is 5.49. The number of hydrogen-bond acceptors (Lipinski definition) is 4. The van der Waals surface area contributed by atoms with Crippen LogP contribution >= 0.6 is 0 Å². The third-order valence-electron chi connectivity index (χ3n) is 3.50. The first-order valence-electron chi connectivity index (χ1n) is 8.03. The second-order valence-corrected chi connectivity index (χ2v) is 5.61. The summed E-state index contributed by atoms with van der Waals surface area (Å²) in [4.78, 5) is 25.6. The molecule has 0 atom stereocenters. The summed E-state index contributed by atoms with van der Waals surface area (Å²) in [5.74, 6) is -0.609. The molecule has 0 spiro atoms. The predicted octanol–water partition coefficient (Wildman–Crippen LogP) is 3.58. The molecule has 0 aliphatic heterocycles. The fraction of sp³-hybridized carbons (Fsp3) is 0.200. The van der Waals surface area contributed by atoms with E-state index in [0.717, 1.165) is 11.3 Å². The van der Waals surface area contributed by atoms with Crippen molar-refractivity contribution in [2.24, 2.45) is 0 Å². The summed E-state index contributed by atoms with van der Waals surface area (Å²) in [5.41, 5.74) is 3.11. The van der Waals surface area contributed by atoms with Crippen molar-refractivity contribution in [3.05, 3.63) is 65.7 Å². The molecule has 0 aromatic heterocycles.